The van der Waals surface area contributed by atoms with E-state index in [2.05, 4.69) is 132 Å². The van der Waals surface area contributed by atoms with Gasteiger partial charge in [-0.3, -0.25) is 9.88 Å². The molecule has 3 saturated heterocycles. The number of aliphatic hydroxyl groups excluding tert-OH is 1. The van der Waals surface area contributed by atoms with E-state index in [9.17, 15) is 5.11 Å². The fourth-order valence-corrected chi connectivity index (χ4v) is 8.77. The third-order valence-corrected chi connectivity index (χ3v) is 11.5. The van der Waals surface area contributed by atoms with Crippen LogP contribution in [0.5, 0.6) is 17.2 Å². The van der Waals surface area contributed by atoms with E-state index >= 15 is 0 Å². The SMILES string of the molecule is C=C[C@@H]1CN2CCC1C[C@H]2C(O)c1ccnc2ccc(OC)cc12.c1ccc2c(c1)cc(Oc1cc3ccccc3c3ccccc13)c1ccccc12. The molecule has 7 aromatic carbocycles. The van der Waals surface area contributed by atoms with Crippen molar-refractivity contribution in [3.63, 3.8) is 0 Å². The number of ether oxygens (including phenoxy) is 2. The molecular weight excluding hydrogens is 653 g/mol. The Bertz CT molecular complexity index is 2520. The van der Waals surface area contributed by atoms with Crippen LogP contribution in [0.3, 0.4) is 0 Å². The highest BCUT2D eigenvalue weighted by Gasteiger charge is 2.42. The van der Waals surface area contributed by atoms with E-state index in [0.29, 0.717) is 11.8 Å². The average molecular weight is 695 g/mol. The first kappa shape index (κ1) is 33.1. The molecule has 8 aromatic rings. The molecule has 0 radical (unpaired) electrons. The highest BCUT2D eigenvalue weighted by atomic mass is 16.5. The maximum Gasteiger partial charge on any atom is 0.135 e. The van der Waals surface area contributed by atoms with Crippen molar-refractivity contribution in [2.24, 2.45) is 11.8 Å². The van der Waals surface area contributed by atoms with E-state index in [1.165, 1.54) is 38.7 Å². The highest BCUT2D eigenvalue weighted by Crippen LogP contribution is 2.43. The van der Waals surface area contributed by atoms with Crippen LogP contribution in [0, 0.1) is 11.8 Å². The Balaban J connectivity index is 0.000000143. The zero-order valence-electron chi connectivity index (χ0n) is 29.9. The zero-order chi connectivity index (χ0) is 35.9. The summed E-state index contributed by atoms with van der Waals surface area (Å²) in [7, 11) is 1.66. The lowest BCUT2D eigenvalue weighted by atomic mass is 9.73. The molecular formula is C48H42N2O3. The summed E-state index contributed by atoms with van der Waals surface area (Å²) in [4.78, 5) is 6.86. The third kappa shape index (κ3) is 6.06. The number of benzene rings is 7. The molecule has 0 aliphatic carbocycles. The molecule has 5 heteroatoms. The van der Waals surface area contributed by atoms with E-state index < -0.39 is 6.10 Å². The molecule has 262 valence electrons. The number of nitrogens with zero attached hydrogens (tertiary/aromatic N) is 2. The van der Waals surface area contributed by atoms with Crippen LogP contribution in [-0.2, 0) is 0 Å². The Morgan fingerprint density at radius 2 is 1.30 bits per heavy atom. The van der Waals surface area contributed by atoms with Gasteiger partial charge in [-0.1, -0.05) is 103 Å². The van der Waals surface area contributed by atoms with E-state index in [1.54, 1.807) is 13.3 Å². The first-order valence-corrected chi connectivity index (χ1v) is 18.6. The van der Waals surface area contributed by atoms with Gasteiger partial charge in [0.15, 0.2) is 0 Å². The van der Waals surface area contributed by atoms with Crippen LogP contribution in [-0.4, -0.2) is 41.2 Å². The predicted octanol–water partition coefficient (Wildman–Crippen LogP) is 11.3. The molecule has 53 heavy (non-hydrogen) atoms. The summed E-state index contributed by atoms with van der Waals surface area (Å²) < 4.78 is 12.0. The first-order chi connectivity index (χ1) is 26.1. The predicted molar refractivity (Wildman–Crippen MR) is 218 cm³/mol. The van der Waals surface area contributed by atoms with E-state index in [-0.39, 0.29) is 6.04 Å². The lowest BCUT2D eigenvalue weighted by Gasteiger charge is -2.50. The second-order valence-corrected chi connectivity index (χ2v) is 14.4. The normalized spacial score (nSPS) is 20.0. The second-order valence-electron chi connectivity index (χ2n) is 14.4. The molecule has 5 atom stereocenters. The van der Waals surface area contributed by atoms with Crippen LogP contribution in [0.15, 0.2) is 152 Å². The summed E-state index contributed by atoms with van der Waals surface area (Å²) in [6.45, 7) is 6.07. The van der Waals surface area contributed by atoms with Gasteiger partial charge >= 0.3 is 0 Å². The Morgan fingerprint density at radius 1 is 0.717 bits per heavy atom. The van der Waals surface area contributed by atoms with Gasteiger partial charge in [0, 0.05) is 34.9 Å². The maximum absolute atomic E-state index is 11.2. The second kappa shape index (κ2) is 14.0. The Labute approximate surface area is 309 Å². The third-order valence-electron chi connectivity index (χ3n) is 11.5. The molecule has 1 N–H and O–H groups in total. The van der Waals surface area contributed by atoms with Gasteiger partial charge in [0.05, 0.1) is 18.7 Å². The van der Waals surface area contributed by atoms with Gasteiger partial charge in [-0.15, -0.1) is 6.58 Å². The molecule has 3 aliphatic rings. The molecule has 0 spiro atoms. The van der Waals surface area contributed by atoms with Gasteiger partial charge in [-0.25, -0.2) is 0 Å². The van der Waals surface area contributed by atoms with Crippen molar-refractivity contribution < 1.29 is 14.6 Å². The van der Waals surface area contributed by atoms with Crippen LogP contribution in [0.1, 0.15) is 24.5 Å². The monoisotopic (exact) mass is 694 g/mol. The maximum atomic E-state index is 11.2. The van der Waals surface area contributed by atoms with Crippen molar-refractivity contribution in [1.29, 1.82) is 0 Å². The number of methoxy groups -OCH3 is 1. The standard InChI is InChI=1S/C28H18O.C20H24N2O2/c1-3-11-21-19(9-1)17-27(25-15-7-5-13-23(21)25)29-28-18-20-10-2-4-12-22(20)24-14-6-8-16-26(24)28;1-3-13-12-22-9-7-14(13)10-19(22)20(23)16-6-8-21-18-5-4-15(24-2)11-17(16)18/h1-18H;3-6,8,11,13-14,19-20,23H,1,7,9-10,12H2,2H3/t;13-,14?,19+,20?/m.1/s1. The Kier molecular flexibility index (Phi) is 8.75. The average Bonchev–Trinajstić information content (AvgIpc) is 3.23. The lowest BCUT2D eigenvalue weighted by Crippen LogP contribution is -2.54. The van der Waals surface area contributed by atoms with Gasteiger partial charge in [0.25, 0.3) is 0 Å². The van der Waals surface area contributed by atoms with Crippen LogP contribution in [0.2, 0.25) is 0 Å². The molecule has 3 unspecified atom stereocenters. The van der Waals surface area contributed by atoms with Gasteiger partial charge < -0.3 is 14.6 Å². The lowest BCUT2D eigenvalue weighted by molar-refractivity contribution is -0.0444. The molecule has 1 aromatic heterocycles. The molecule has 4 heterocycles. The van der Waals surface area contributed by atoms with Crippen LogP contribution < -0.4 is 9.47 Å². The Hall–Kier alpha value is -5.75. The molecule has 0 amide bonds. The van der Waals surface area contributed by atoms with Gasteiger partial charge in [-0.2, -0.15) is 0 Å². The number of rotatable bonds is 6. The fraction of sp³-hybridized carbons (Fsp3) is 0.188. The first-order valence-electron chi connectivity index (χ1n) is 18.6. The number of aliphatic hydroxyl groups is 1. The molecule has 0 saturated carbocycles. The van der Waals surface area contributed by atoms with Gasteiger partial charge in [-0.05, 0) is 106 Å². The molecule has 5 nitrogen and oxygen atoms in total. The zero-order valence-corrected chi connectivity index (χ0v) is 29.9. The quantitative estimate of drug-likeness (QED) is 0.139. The number of pyridine rings is 1. The van der Waals surface area contributed by atoms with Gasteiger partial charge in [0.1, 0.15) is 17.2 Å². The minimum absolute atomic E-state index is 0.178. The van der Waals surface area contributed by atoms with Crippen LogP contribution >= 0.6 is 0 Å². The summed E-state index contributed by atoms with van der Waals surface area (Å²) in [5, 5.41) is 21.7. The van der Waals surface area contributed by atoms with Crippen LogP contribution in [0.4, 0.5) is 0 Å². The summed E-state index contributed by atoms with van der Waals surface area (Å²) >= 11 is 0. The molecule has 3 aliphatic heterocycles. The summed E-state index contributed by atoms with van der Waals surface area (Å²) in [5.41, 5.74) is 1.85. The van der Waals surface area contributed by atoms with Crippen molar-refractivity contribution in [3.05, 3.63) is 158 Å². The summed E-state index contributed by atoms with van der Waals surface area (Å²) in [5.74, 6) is 3.78. The number of hydrogen-bond acceptors (Lipinski definition) is 5. The van der Waals surface area contributed by atoms with Crippen molar-refractivity contribution in [2.45, 2.75) is 25.0 Å². The Morgan fingerprint density at radius 3 is 1.87 bits per heavy atom. The van der Waals surface area contributed by atoms with Crippen molar-refractivity contribution in [1.82, 2.24) is 9.88 Å². The summed E-state index contributed by atoms with van der Waals surface area (Å²) in [6, 6.07) is 46.2. The van der Waals surface area contributed by atoms with Crippen molar-refractivity contribution in [3.8, 4) is 17.2 Å². The van der Waals surface area contributed by atoms with E-state index in [1.807, 2.05) is 24.3 Å². The molecule has 3 fully saturated rings. The topological polar surface area (TPSA) is 54.8 Å². The van der Waals surface area contributed by atoms with Crippen molar-refractivity contribution in [2.75, 3.05) is 20.2 Å². The number of hydrogen-bond donors (Lipinski definition) is 1. The number of fused-ring (bicyclic) bond motifs is 10. The fourth-order valence-electron chi connectivity index (χ4n) is 8.77. The van der Waals surface area contributed by atoms with E-state index in [0.717, 1.165) is 64.0 Å². The number of aromatic nitrogens is 1. The highest BCUT2D eigenvalue weighted by molar-refractivity contribution is 6.12. The minimum atomic E-state index is -0.504. The largest absolute Gasteiger partial charge is 0.497 e. The smallest absolute Gasteiger partial charge is 0.135 e. The van der Waals surface area contributed by atoms with E-state index in [4.69, 9.17) is 9.47 Å². The van der Waals surface area contributed by atoms with Crippen molar-refractivity contribution >= 4 is 54.0 Å². The summed E-state index contributed by atoms with van der Waals surface area (Å²) in [6.07, 6.45) is 5.62. The number of piperidine rings is 3. The molecule has 11 rings (SSSR count). The van der Waals surface area contributed by atoms with Gasteiger partial charge in [0.2, 0.25) is 0 Å². The minimum Gasteiger partial charge on any atom is -0.497 e. The molecule has 2 bridgehead atoms. The van der Waals surface area contributed by atoms with Crippen LogP contribution in [0.25, 0.3) is 54.0 Å².